The molecule has 18 heavy (non-hydrogen) atoms. The second-order valence-corrected chi connectivity index (χ2v) is 3.97. The number of nitrogens with zero attached hydrogens (tertiary/aromatic N) is 1. The van der Waals surface area contributed by atoms with Gasteiger partial charge < -0.3 is 5.11 Å². The molecule has 0 saturated heterocycles. The standard InChI is InChI=1S/C14H12FNO2/c15-13-9-16-7-6-11(13)8-12(14(17)18)10-4-2-1-3-5-10/h1-7,9,12H,8H2,(H,17,18). The van der Waals surface area contributed by atoms with E-state index >= 15 is 0 Å². The number of hydrogen-bond donors (Lipinski definition) is 1. The zero-order valence-corrected chi connectivity index (χ0v) is 9.58. The molecule has 3 nitrogen and oxygen atoms in total. The third-order valence-corrected chi connectivity index (χ3v) is 2.78. The van der Waals surface area contributed by atoms with E-state index < -0.39 is 17.7 Å². The van der Waals surface area contributed by atoms with Crippen molar-refractivity contribution in [2.75, 3.05) is 0 Å². The van der Waals surface area contributed by atoms with Crippen LogP contribution in [0.5, 0.6) is 0 Å². The first-order chi connectivity index (χ1) is 8.68. The zero-order valence-electron chi connectivity index (χ0n) is 9.58. The van der Waals surface area contributed by atoms with E-state index in [4.69, 9.17) is 0 Å². The van der Waals surface area contributed by atoms with E-state index in [1.165, 1.54) is 12.3 Å². The average Bonchev–Trinajstić information content (AvgIpc) is 2.38. The molecule has 0 saturated carbocycles. The van der Waals surface area contributed by atoms with Crippen LogP contribution in [0.1, 0.15) is 17.0 Å². The zero-order chi connectivity index (χ0) is 13.0. The number of rotatable bonds is 4. The minimum atomic E-state index is -0.961. The molecule has 1 unspecified atom stereocenters. The third kappa shape index (κ3) is 2.71. The number of aliphatic carboxylic acids is 1. The van der Waals surface area contributed by atoms with Crippen LogP contribution in [0.4, 0.5) is 4.39 Å². The quantitative estimate of drug-likeness (QED) is 0.900. The first-order valence-electron chi connectivity index (χ1n) is 5.54. The predicted octanol–water partition coefficient (Wildman–Crippen LogP) is 2.63. The Morgan fingerprint density at radius 3 is 2.61 bits per heavy atom. The first kappa shape index (κ1) is 12.2. The Morgan fingerprint density at radius 2 is 2.00 bits per heavy atom. The first-order valence-corrected chi connectivity index (χ1v) is 5.54. The molecule has 1 aromatic carbocycles. The van der Waals surface area contributed by atoms with Gasteiger partial charge in [0, 0.05) is 6.20 Å². The van der Waals surface area contributed by atoms with E-state index in [2.05, 4.69) is 4.98 Å². The summed E-state index contributed by atoms with van der Waals surface area (Å²) in [4.78, 5) is 14.9. The smallest absolute Gasteiger partial charge is 0.311 e. The summed E-state index contributed by atoms with van der Waals surface area (Å²) in [6.45, 7) is 0. The van der Waals surface area contributed by atoms with Gasteiger partial charge in [-0.25, -0.2) is 4.39 Å². The van der Waals surface area contributed by atoms with E-state index in [1.807, 2.05) is 6.07 Å². The van der Waals surface area contributed by atoms with E-state index in [0.717, 1.165) is 6.20 Å². The van der Waals surface area contributed by atoms with Gasteiger partial charge in [-0.2, -0.15) is 0 Å². The van der Waals surface area contributed by atoms with Crippen LogP contribution in [-0.2, 0) is 11.2 Å². The molecule has 92 valence electrons. The molecule has 2 aromatic rings. The molecule has 0 amide bonds. The summed E-state index contributed by atoms with van der Waals surface area (Å²) in [5.41, 5.74) is 1.03. The number of carboxylic acid groups (broad SMARTS) is 1. The van der Waals surface area contributed by atoms with Crippen molar-refractivity contribution >= 4 is 5.97 Å². The largest absolute Gasteiger partial charge is 0.481 e. The van der Waals surface area contributed by atoms with Crippen molar-refractivity contribution in [1.29, 1.82) is 0 Å². The lowest BCUT2D eigenvalue weighted by Gasteiger charge is -2.13. The number of halogens is 1. The van der Waals surface area contributed by atoms with Crippen molar-refractivity contribution in [2.24, 2.45) is 0 Å². The number of benzene rings is 1. The van der Waals surface area contributed by atoms with Gasteiger partial charge in [0.25, 0.3) is 0 Å². The highest BCUT2D eigenvalue weighted by Gasteiger charge is 2.21. The molecule has 1 atom stereocenters. The predicted molar refractivity (Wildman–Crippen MR) is 64.7 cm³/mol. The fourth-order valence-corrected chi connectivity index (χ4v) is 1.82. The van der Waals surface area contributed by atoms with Gasteiger partial charge in [-0.1, -0.05) is 30.3 Å². The second-order valence-electron chi connectivity index (χ2n) is 3.97. The summed E-state index contributed by atoms with van der Waals surface area (Å²) in [6, 6.07) is 10.3. The monoisotopic (exact) mass is 245 g/mol. The molecule has 0 bridgehead atoms. The van der Waals surface area contributed by atoms with Crippen LogP contribution in [0, 0.1) is 5.82 Å². The van der Waals surface area contributed by atoms with Crippen LogP contribution >= 0.6 is 0 Å². The fraction of sp³-hybridized carbons (Fsp3) is 0.143. The van der Waals surface area contributed by atoms with Gasteiger partial charge in [0.1, 0.15) is 5.82 Å². The summed E-state index contributed by atoms with van der Waals surface area (Å²) in [5.74, 6) is -2.18. The van der Waals surface area contributed by atoms with Crippen LogP contribution in [0.15, 0.2) is 48.8 Å². The molecule has 1 N–H and O–H groups in total. The van der Waals surface area contributed by atoms with Gasteiger partial charge in [-0.05, 0) is 23.6 Å². The topological polar surface area (TPSA) is 50.2 Å². The van der Waals surface area contributed by atoms with Crippen molar-refractivity contribution in [3.05, 3.63) is 65.7 Å². The normalized spacial score (nSPS) is 12.1. The Kier molecular flexibility index (Phi) is 3.67. The molecular weight excluding hydrogens is 233 g/mol. The van der Waals surface area contributed by atoms with Crippen LogP contribution in [0.2, 0.25) is 0 Å². The molecule has 1 aromatic heterocycles. The van der Waals surface area contributed by atoms with Gasteiger partial charge >= 0.3 is 5.97 Å². The van der Waals surface area contributed by atoms with E-state index in [1.54, 1.807) is 24.3 Å². The second kappa shape index (κ2) is 5.40. The average molecular weight is 245 g/mol. The molecular formula is C14H12FNO2. The summed E-state index contributed by atoms with van der Waals surface area (Å²) < 4.78 is 13.5. The summed E-state index contributed by atoms with van der Waals surface area (Å²) in [7, 11) is 0. The maximum atomic E-state index is 13.5. The van der Waals surface area contributed by atoms with Gasteiger partial charge in [0.2, 0.25) is 0 Å². The van der Waals surface area contributed by atoms with Gasteiger partial charge in [-0.15, -0.1) is 0 Å². The van der Waals surface area contributed by atoms with Gasteiger partial charge in [0.15, 0.2) is 0 Å². The van der Waals surface area contributed by atoms with E-state index in [0.29, 0.717) is 11.1 Å². The molecule has 0 aliphatic rings. The third-order valence-electron chi connectivity index (χ3n) is 2.78. The highest BCUT2D eigenvalue weighted by atomic mass is 19.1. The van der Waals surface area contributed by atoms with Crippen molar-refractivity contribution in [1.82, 2.24) is 4.98 Å². The van der Waals surface area contributed by atoms with Gasteiger partial charge in [0.05, 0.1) is 12.1 Å². The fourth-order valence-electron chi connectivity index (χ4n) is 1.82. The van der Waals surface area contributed by atoms with Gasteiger partial charge in [-0.3, -0.25) is 9.78 Å². The minimum Gasteiger partial charge on any atom is -0.481 e. The number of carboxylic acids is 1. The highest BCUT2D eigenvalue weighted by molar-refractivity contribution is 5.76. The lowest BCUT2D eigenvalue weighted by atomic mass is 9.92. The summed E-state index contributed by atoms with van der Waals surface area (Å²) in [6.07, 6.45) is 2.68. The van der Waals surface area contributed by atoms with Crippen LogP contribution in [0.3, 0.4) is 0 Å². The van der Waals surface area contributed by atoms with Crippen LogP contribution < -0.4 is 0 Å². The molecule has 0 aliphatic heterocycles. The minimum absolute atomic E-state index is 0.119. The number of pyridine rings is 1. The molecule has 0 spiro atoms. The maximum absolute atomic E-state index is 13.5. The molecule has 2 rings (SSSR count). The number of carbonyl (C=O) groups is 1. The Balaban J connectivity index is 2.28. The van der Waals surface area contributed by atoms with E-state index in [9.17, 15) is 14.3 Å². The Labute approximate surface area is 104 Å². The van der Waals surface area contributed by atoms with Crippen molar-refractivity contribution in [3.8, 4) is 0 Å². The number of aromatic nitrogens is 1. The summed E-state index contributed by atoms with van der Waals surface area (Å²) in [5, 5.41) is 9.24. The number of hydrogen-bond acceptors (Lipinski definition) is 2. The molecule has 0 aliphatic carbocycles. The Bertz CT molecular complexity index is 543. The molecule has 1 heterocycles. The maximum Gasteiger partial charge on any atom is 0.311 e. The SMILES string of the molecule is O=C(O)C(Cc1ccncc1F)c1ccccc1. The van der Waals surface area contributed by atoms with E-state index in [-0.39, 0.29) is 6.42 Å². The Hall–Kier alpha value is -2.23. The van der Waals surface area contributed by atoms with Crippen molar-refractivity contribution in [2.45, 2.75) is 12.3 Å². The summed E-state index contributed by atoms with van der Waals surface area (Å²) >= 11 is 0. The Morgan fingerprint density at radius 1 is 1.28 bits per heavy atom. The van der Waals surface area contributed by atoms with Crippen molar-refractivity contribution in [3.63, 3.8) is 0 Å². The lowest BCUT2D eigenvalue weighted by Crippen LogP contribution is -2.15. The molecule has 0 radical (unpaired) electrons. The van der Waals surface area contributed by atoms with Crippen LogP contribution in [-0.4, -0.2) is 16.1 Å². The van der Waals surface area contributed by atoms with Crippen LogP contribution in [0.25, 0.3) is 0 Å². The lowest BCUT2D eigenvalue weighted by molar-refractivity contribution is -0.138. The molecule has 4 heteroatoms. The van der Waals surface area contributed by atoms with Crippen molar-refractivity contribution < 1.29 is 14.3 Å². The highest BCUT2D eigenvalue weighted by Crippen LogP contribution is 2.22. The molecule has 0 fully saturated rings.